The van der Waals surface area contributed by atoms with Crippen LogP contribution in [0.1, 0.15) is 17.3 Å². The number of aromatic nitrogens is 3. The zero-order valence-corrected chi connectivity index (χ0v) is 15.5. The highest BCUT2D eigenvalue weighted by Gasteiger charge is 2.20. The van der Waals surface area contributed by atoms with E-state index in [1.807, 2.05) is 35.2 Å². The van der Waals surface area contributed by atoms with E-state index in [9.17, 15) is 9.59 Å². The van der Waals surface area contributed by atoms with Crippen LogP contribution in [0.5, 0.6) is 0 Å². The van der Waals surface area contributed by atoms with Gasteiger partial charge in [-0.25, -0.2) is 9.97 Å². The lowest BCUT2D eigenvalue weighted by Gasteiger charge is -2.34. The third-order valence-corrected chi connectivity index (χ3v) is 4.79. The molecule has 1 aromatic carbocycles. The summed E-state index contributed by atoms with van der Waals surface area (Å²) >= 11 is 0. The Morgan fingerprint density at radius 1 is 0.964 bits per heavy atom. The van der Waals surface area contributed by atoms with Gasteiger partial charge < -0.3 is 15.1 Å². The molecule has 1 aliphatic heterocycles. The molecule has 0 unspecified atom stereocenters. The molecular weight excluding hydrogens is 356 g/mol. The molecule has 8 nitrogen and oxygen atoms in total. The standard InChI is InChI=1S/C20H20N6O2/c1-14(27)25-8-10-26(11-9-25)20-22-12-16(13-23-20)19(28)24-17-6-2-4-15-5-3-7-21-18(15)17/h2-7,12-13H,8-11H2,1H3,(H,24,28). The molecule has 0 bridgehead atoms. The molecule has 1 saturated heterocycles. The number of carbonyl (C=O) groups excluding carboxylic acids is 2. The number of nitrogens with one attached hydrogen (secondary N) is 1. The Labute approximate surface area is 162 Å². The maximum absolute atomic E-state index is 12.6. The van der Waals surface area contributed by atoms with Gasteiger partial charge in [-0.2, -0.15) is 0 Å². The highest BCUT2D eigenvalue weighted by molar-refractivity contribution is 6.08. The van der Waals surface area contributed by atoms with Crippen LogP contribution in [0.4, 0.5) is 11.6 Å². The van der Waals surface area contributed by atoms with Crippen LogP contribution in [0.2, 0.25) is 0 Å². The number of pyridine rings is 1. The predicted octanol–water partition coefficient (Wildman–Crippen LogP) is 1.95. The molecule has 1 aliphatic rings. The Bertz CT molecular complexity index is 1010. The molecule has 2 amide bonds. The van der Waals surface area contributed by atoms with Gasteiger partial charge in [-0.3, -0.25) is 14.6 Å². The van der Waals surface area contributed by atoms with Gasteiger partial charge in [0, 0.05) is 57.1 Å². The van der Waals surface area contributed by atoms with Crippen molar-refractivity contribution >= 4 is 34.4 Å². The number of rotatable bonds is 3. The van der Waals surface area contributed by atoms with E-state index in [1.165, 1.54) is 12.4 Å². The van der Waals surface area contributed by atoms with Crippen LogP contribution in [0.25, 0.3) is 10.9 Å². The second kappa shape index (κ2) is 7.59. The molecule has 0 spiro atoms. The quantitative estimate of drug-likeness (QED) is 0.751. The number of hydrogen-bond donors (Lipinski definition) is 1. The van der Waals surface area contributed by atoms with Gasteiger partial charge in [0.2, 0.25) is 11.9 Å². The number of benzene rings is 1. The first-order valence-corrected chi connectivity index (χ1v) is 9.09. The molecule has 0 atom stereocenters. The summed E-state index contributed by atoms with van der Waals surface area (Å²) < 4.78 is 0. The molecule has 2 aromatic heterocycles. The summed E-state index contributed by atoms with van der Waals surface area (Å²) in [6.07, 6.45) is 4.74. The first-order chi connectivity index (χ1) is 13.6. The Balaban J connectivity index is 1.45. The Hall–Kier alpha value is -3.55. The second-order valence-corrected chi connectivity index (χ2v) is 6.60. The van der Waals surface area contributed by atoms with Crippen LogP contribution >= 0.6 is 0 Å². The predicted molar refractivity (Wildman–Crippen MR) is 106 cm³/mol. The molecule has 8 heteroatoms. The van der Waals surface area contributed by atoms with Crippen molar-refractivity contribution in [3.63, 3.8) is 0 Å². The van der Waals surface area contributed by atoms with Crippen molar-refractivity contribution in [2.24, 2.45) is 0 Å². The summed E-state index contributed by atoms with van der Waals surface area (Å²) in [6, 6.07) is 9.44. The normalized spacial score (nSPS) is 14.2. The molecule has 0 radical (unpaired) electrons. The molecule has 1 N–H and O–H groups in total. The Kier molecular flexibility index (Phi) is 4.84. The van der Waals surface area contributed by atoms with Gasteiger partial charge in [-0.1, -0.05) is 18.2 Å². The zero-order chi connectivity index (χ0) is 19.5. The topological polar surface area (TPSA) is 91.3 Å². The third kappa shape index (κ3) is 3.62. The monoisotopic (exact) mass is 376 g/mol. The van der Waals surface area contributed by atoms with Crippen LogP contribution in [0.15, 0.2) is 48.9 Å². The van der Waals surface area contributed by atoms with E-state index in [4.69, 9.17) is 0 Å². The van der Waals surface area contributed by atoms with Gasteiger partial charge in [0.15, 0.2) is 0 Å². The van der Waals surface area contributed by atoms with E-state index >= 15 is 0 Å². The van der Waals surface area contributed by atoms with Crippen molar-refractivity contribution in [3.05, 3.63) is 54.5 Å². The van der Waals surface area contributed by atoms with Gasteiger partial charge in [0.25, 0.3) is 5.91 Å². The number of nitrogens with zero attached hydrogens (tertiary/aromatic N) is 5. The van der Waals surface area contributed by atoms with Crippen molar-refractivity contribution in [3.8, 4) is 0 Å². The summed E-state index contributed by atoms with van der Waals surface area (Å²) in [5.41, 5.74) is 1.76. The Morgan fingerprint density at radius 2 is 1.68 bits per heavy atom. The number of para-hydroxylation sites is 1. The molecule has 142 valence electrons. The number of carbonyl (C=O) groups is 2. The number of amides is 2. The minimum Gasteiger partial charge on any atom is -0.339 e. The maximum Gasteiger partial charge on any atom is 0.258 e. The maximum atomic E-state index is 12.6. The van der Waals surface area contributed by atoms with Crippen LogP contribution in [0, 0.1) is 0 Å². The summed E-state index contributed by atoms with van der Waals surface area (Å²) in [7, 11) is 0. The van der Waals surface area contributed by atoms with Crippen LogP contribution in [0.3, 0.4) is 0 Å². The largest absolute Gasteiger partial charge is 0.339 e. The van der Waals surface area contributed by atoms with Gasteiger partial charge in [-0.05, 0) is 12.1 Å². The first kappa shape index (κ1) is 17.8. The molecule has 0 saturated carbocycles. The molecule has 4 rings (SSSR count). The van der Waals surface area contributed by atoms with Crippen LogP contribution < -0.4 is 10.2 Å². The van der Waals surface area contributed by atoms with Crippen molar-refractivity contribution in [2.75, 3.05) is 36.4 Å². The van der Waals surface area contributed by atoms with Crippen molar-refractivity contribution in [1.82, 2.24) is 19.9 Å². The Morgan fingerprint density at radius 3 is 2.39 bits per heavy atom. The highest BCUT2D eigenvalue weighted by atomic mass is 16.2. The van der Waals surface area contributed by atoms with Crippen LogP contribution in [-0.4, -0.2) is 57.8 Å². The van der Waals surface area contributed by atoms with Gasteiger partial charge in [-0.15, -0.1) is 0 Å². The van der Waals surface area contributed by atoms with E-state index in [0.29, 0.717) is 43.4 Å². The lowest BCUT2D eigenvalue weighted by molar-refractivity contribution is -0.129. The molecule has 3 aromatic rings. The van der Waals surface area contributed by atoms with Crippen LogP contribution in [-0.2, 0) is 4.79 Å². The summed E-state index contributed by atoms with van der Waals surface area (Å²) in [6.45, 7) is 4.22. The fourth-order valence-corrected chi connectivity index (χ4v) is 3.22. The summed E-state index contributed by atoms with van der Waals surface area (Å²) in [5, 5.41) is 3.83. The van der Waals surface area contributed by atoms with E-state index in [2.05, 4.69) is 20.3 Å². The number of hydrogen-bond acceptors (Lipinski definition) is 6. The van der Waals surface area contributed by atoms with E-state index in [-0.39, 0.29) is 11.8 Å². The smallest absolute Gasteiger partial charge is 0.258 e. The van der Waals surface area contributed by atoms with Gasteiger partial charge >= 0.3 is 0 Å². The lowest BCUT2D eigenvalue weighted by atomic mass is 10.2. The molecule has 1 fully saturated rings. The number of piperazine rings is 1. The first-order valence-electron chi connectivity index (χ1n) is 9.09. The average molecular weight is 376 g/mol. The summed E-state index contributed by atoms with van der Waals surface area (Å²) in [4.78, 5) is 40.8. The number of anilines is 2. The van der Waals surface area contributed by atoms with Crippen molar-refractivity contribution in [1.29, 1.82) is 0 Å². The molecule has 28 heavy (non-hydrogen) atoms. The van der Waals surface area contributed by atoms with Crippen molar-refractivity contribution < 1.29 is 9.59 Å². The second-order valence-electron chi connectivity index (χ2n) is 6.60. The average Bonchev–Trinajstić information content (AvgIpc) is 2.74. The third-order valence-electron chi connectivity index (χ3n) is 4.79. The van der Waals surface area contributed by atoms with Crippen molar-refractivity contribution in [2.45, 2.75) is 6.92 Å². The summed E-state index contributed by atoms with van der Waals surface area (Å²) in [5.74, 6) is 0.355. The fourth-order valence-electron chi connectivity index (χ4n) is 3.22. The highest BCUT2D eigenvalue weighted by Crippen LogP contribution is 2.21. The minimum absolute atomic E-state index is 0.0792. The number of fused-ring (bicyclic) bond motifs is 1. The van der Waals surface area contributed by atoms with E-state index in [0.717, 1.165) is 10.9 Å². The minimum atomic E-state index is -0.286. The van der Waals surface area contributed by atoms with Gasteiger partial charge in [0.1, 0.15) is 0 Å². The van der Waals surface area contributed by atoms with E-state index in [1.54, 1.807) is 18.0 Å². The van der Waals surface area contributed by atoms with Gasteiger partial charge in [0.05, 0.1) is 16.8 Å². The van der Waals surface area contributed by atoms with E-state index < -0.39 is 0 Å². The lowest BCUT2D eigenvalue weighted by Crippen LogP contribution is -2.48. The molecule has 3 heterocycles. The molecular formula is C20H20N6O2. The zero-order valence-electron chi connectivity index (χ0n) is 15.5. The SMILES string of the molecule is CC(=O)N1CCN(c2ncc(C(=O)Nc3cccc4cccnc34)cn2)CC1. The fraction of sp³-hybridized carbons (Fsp3) is 0.250. The molecule has 0 aliphatic carbocycles.